The van der Waals surface area contributed by atoms with Crippen LogP contribution in [0.25, 0.3) is 10.9 Å². The molecule has 0 spiro atoms. The molecular weight excluding hydrogens is 687 g/mol. The molecule has 2 unspecified atom stereocenters. The van der Waals surface area contributed by atoms with Crippen molar-refractivity contribution in [2.24, 2.45) is 11.8 Å². The van der Waals surface area contributed by atoms with Crippen molar-refractivity contribution in [1.29, 1.82) is 0 Å². The second kappa shape index (κ2) is 14.5. The minimum atomic E-state index is -4.20. The van der Waals surface area contributed by atoms with Crippen LogP contribution >= 0.6 is 11.6 Å². The molecule has 1 aliphatic heterocycles. The van der Waals surface area contributed by atoms with Gasteiger partial charge in [-0.15, -0.1) is 0 Å². The number of halogens is 2. The molecule has 3 aromatic rings. The summed E-state index contributed by atoms with van der Waals surface area (Å²) >= 11 is 5.95. The topological polar surface area (TPSA) is 218 Å². The standard InChI is InChI=1S/C28H34ClFN4O10S2.H2O/c1-41-23-12-20-24(27(33-28(32-20)44-46(3,39)40)31-15-5-6-19(30)18(29)11-15)26(43-45(2,37)38)25(23)42-10-4-9-34-13-16-17(14-34)22(36)8-7-21(16)35;/h5-6,11-12,16-17,21-22,35-36H,4,7-10,13-14H2,1-3H3,(H,31,32,33);1H2/t16-,17+,21?,22?;. The van der Waals surface area contributed by atoms with Gasteiger partial charge in [-0.1, -0.05) is 11.6 Å². The summed E-state index contributed by atoms with van der Waals surface area (Å²) in [6.07, 6.45) is 2.34. The largest absolute Gasteiger partial charge is 0.493 e. The maximum Gasteiger partial charge on any atom is 0.335 e. The predicted octanol–water partition coefficient (Wildman–Crippen LogP) is 1.86. The summed E-state index contributed by atoms with van der Waals surface area (Å²) in [6, 6.07) is 4.42. The normalized spacial score (nSPS) is 21.5. The zero-order valence-electron chi connectivity index (χ0n) is 25.6. The Morgan fingerprint density at radius 1 is 1.00 bits per heavy atom. The number of benzene rings is 2. The molecule has 2 aromatic carbocycles. The zero-order valence-corrected chi connectivity index (χ0v) is 28.0. The molecule has 5 N–H and O–H groups in total. The van der Waals surface area contributed by atoms with Crippen LogP contribution in [0.1, 0.15) is 19.3 Å². The number of likely N-dealkylation sites (tertiary alicyclic amines) is 1. The lowest BCUT2D eigenvalue weighted by molar-refractivity contribution is -0.0207. The van der Waals surface area contributed by atoms with E-state index in [1.54, 1.807) is 0 Å². The molecule has 4 atom stereocenters. The van der Waals surface area contributed by atoms with Crippen LogP contribution in [0.5, 0.6) is 23.3 Å². The zero-order chi connectivity index (χ0) is 33.4. The molecule has 1 saturated carbocycles. The number of aliphatic hydroxyl groups excluding tert-OH is 2. The summed E-state index contributed by atoms with van der Waals surface area (Å²) in [5.74, 6) is -1.29. The first-order valence-electron chi connectivity index (χ1n) is 14.3. The average Bonchev–Trinajstić information content (AvgIpc) is 3.39. The lowest BCUT2D eigenvalue weighted by Crippen LogP contribution is -2.39. The number of ether oxygens (including phenoxy) is 2. The number of aliphatic hydroxyl groups is 2. The molecule has 0 amide bonds. The van der Waals surface area contributed by atoms with Gasteiger partial charge in [-0.05, 0) is 37.5 Å². The van der Waals surface area contributed by atoms with Gasteiger partial charge >= 0.3 is 26.2 Å². The van der Waals surface area contributed by atoms with E-state index in [1.807, 2.05) is 0 Å². The Kier molecular flexibility index (Phi) is 11.3. The maximum absolute atomic E-state index is 13.9. The van der Waals surface area contributed by atoms with Crippen molar-refractivity contribution in [3.05, 3.63) is 35.1 Å². The highest BCUT2D eigenvalue weighted by atomic mass is 35.5. The van der Waals surface area contributed by atoms with Crippen molar-refractivity contribution in [2.45, 2.75) is 31.5 Å². The highest BCUT2D eigenvalue weighted by Gasteiger charge is 2.43. The number of rotatable bonds is 12. The van der Waals surface area contributed by atoms with Gasteiger partial charge in [0, 0.05) is 43.2 Å². The number of nitrogens with one attached hydrogen (secondary N) is 1. The highest BCUT2D eigenvalue weighted by molar-refractivity contribution is 7.86. The summed E-state index contributed by atoms with van der Waals surface area (Å²) < 4.78 is 84.5. The first-order chi connectivity index (χ1) is 21.6. The minimum Gasteiger partial charge on any atom is -0.493 e. The monoisotopic (exact) mass is 722 g/mol. The van der Waals surface area contributed by atoms with E-state index >= 15 is 0 Å². The molecule has 47 heavy (non-hydrogen) atoms. The quantitative estimate of drug-likeness (QED) is 0.180. The second-order valence-electron chi connectivity index (χ2n) is 11.3. The van der Waals surface area contributed by atoms with Crippen molar-refractivity contribution in [3.8, 4) is 23.3 Å². The van der Waals surface area contributed by atoms with Crippen molar-refractivity contribution >= 4 is 54.2 Å². The smallest absolute Gasteiger partial charge is 0.335 e. The Labute approximate surface area is 276 Å². The Morgan fingerprint density at radius 2 is 1.64 bits per heavy atom. The molecule has 0 radical (unpaired) electrons. The molecule has 5 rings (SSSR count). The molecule has 260 valence electrons. The molecule has 19 heteroatoms. The van der Waals surface area contributed by atoms with Crippen molar-refractivity contribution in [2.75, 3.05) is 51.2 Å². The summed E-state index contributed by atoms with van der Waals surface area (Å²) in [7, 11) is -6.96. The number of anilines is 2. The van der Waals surface area contributed by atoms with Gasteiger partial charge in [0.1, 0.15) is 11.6 Å². The summed E-state index contributed by atoms with van der Waals surface area (Å²) in [4.78, 5) is 10.4. The Morgan fingerprint density at radius 3 is 2.21 bits per heavy atom. The van der Waals surface area contributed by atoms with Gasteiger partial charge in [-0.3, -0.25) is 0 Å². The number of fused-ring (bicyclic) bond motifs is 2. The van der Waals surface area contributed by atoms with Crippen molar-refractivity contribution in [1.82, 2.24) is 14.9 Å². The van der Waals surface area contributed by atoms with Gasteiger partial charge in [0.05, 0.1) is 54.4 Å². The molecular formula is C28H36ClFN4O11S2. The number of hydrogen-bond acceptors (Lipinski definition) is 14. The van der Waals surface area contributed by atoms with Crippen LogP contribution in [0.3, 0.4) is 0 Å². The number of nitrogens with zero attached hydrogens (tertiary/aromatic N) is 3. The van der Waals surface area contributed by atoms with E-state index in [0.717, 1.165) is 18.6 Å². The summed E-state index contributed by atoms with van der Waals surface area (Å²) in [6.45, 7) is 1.95. The van der Waals surface area contributed by atoms with Gasteiger partial charge in [0.25, 0.3) is 0 Å². The fourth-order valence-corrected chi connectivity index (χ4v) is 6.85. The third-order valence-electron chi connectivity index (χ3n) is 7.80. The molecule has 15 nitrogen and oxygen atoms in total. The molecule has 1 saturated heterocycles. The van der Waals surface area contributed by atoms with E-state index in [4.69, 9.17) is 29.4 Å². The van der Waals surface area contributed by atoms with Crippen LogP contribution in [-0.4, -0.2) is 105 Å². The maximum atomic E-state index is 13.9. The van der Waals surface area contributed by atoms with Crippen LogP contribution in [0.4, 0.5) is 15.9 Å². The van der Waals surface area contributed by atoms with Crippen LogP contribution in [0, 0.1) is 17.7 Å². The Hall–Kier alpha value is -3.26. The summed E-state index contributed by atoms with van der Waals surface area (Å²) in [5, 5.41) is 23.4. The van der Waals surface area contributed by atoms with E-state index in [2.05, 4.69) is 20.2 Å². The Bertz CT molecular complexity index is 1820. The molecule has 2 fully saturated rings. The lowest BCUT2D eigenvalue weighted by atomic mass is 9.78. The number of aromatic nitrogens is 2. The molecule has 1 aromatic heterocycles. The number of hydrogen-bond donors (Lipinski definition) is 3. The van der Waals surface area contributed by atoms with E-state index in [1.165, 1.54) is 25.3 Å². The first-order valence-corrected chi connectivity index (χ1v) is 18.3. The van der Waals surface area contributed by atoms with Crippen molar-refractivity contribution < 1.29 is 54.8 Å². The molecule has 1 aliphatic carbocycles. The van der Waals surface area contributed by atoms with Crippen LogP contribution in [0.2, 0.25) is 5.02 Å². The van der Waals surface area contributed by atoms with Gasteiger partial charge in [-0.2, -0.15) is 26.8 Å². The average molecular weight is 723 g/mol. The molecule has 2 aliphatic rings. The van der Waals surface area contributed by atoms with Gasteiger partial charge in [-0.25, -0.2) is 4.39 Å². The minimum absolute atomic E-state index is 0. The van der Waals surface area contributed by atoms with Crippen LogP contribution in [-0.2, 0) is 20.2 Å². The highest BCUT2D eigenvalue weighted by Crippen LogP contribution is 2.47. The second-order valence-corrected chi connectivity index (χ2v) is 14.9. The van der Waals surface area contributed by atoms with Crippen LogP contribution in [0.15, 0.2) is 24.3 Å². The SMILES string of the molecule is COc1cc2nc(OS(C)(=O)=O)nc(Nc3ccc(F)c(Cl)c3)c2c(OS(C)(=O)=O)c1OCCCN1C[C@@H]2C(O)CCC(O)[C@@H]2C1.O. The van der Waals surface area contributed by atoms with Crippen LogP contribution < -0.4 is 23.2 Å². The first kappa shape index (κ1) is 36.6. The fraction of sp³-hybridized carbons (Fsp3) is 0.500. The van der Waals surface area contributed by atoms with E-state index < -0.39 is 44.3 Å². The molecule has 0 bridgehead atoms. The van der Waals surface area contributed by atoms with Crippen molar-refractivity contribution in [3.63, 3.8) is 0 Å². The predicted molar refractivity (Wildman–Crippen MR) is 170 cm³/mol. The Balaban J connectivity index is 0.00000500. The van der Waals surface area contributed by atoms with E-state index in [0.29, 0.717) is 38.9 Å². The third-order valence-corrected chi connectivity index (χ3v) is 9.01. The third kappa shape index (κ3) is 8.81. The van der Waals surface area contributed by atoms with Gasteiger partial charge < -0.3 is 43.7 Å². The molecule has 2 heterocycles. The van der Waals surface area contributed by atoms with E-state index in [9.17, 15) is 31.4 Å². The van der Waals surface area contributed by atoms with E-state index in [-0.39, 0.29) is 68.6 Å². The lowest BCUT2D eigenvalue weighted by Gasteiger charge is -2.33. The number of methoxy groups -OCH3 is 1. The van der Waals surface area contributed by atoms with Gasteiger partial charge in [0.2, 0.25) is 11.5 Å². The van der Waals surface area contributed by atoms with Gasteiger partial charge in [0.15, 0.2) is 5.75 Å². The fourth-order valence-electron chi connectivity index (χ4n) is 5.86. The summed E-state index contributed by atoms with van der Waals surface area (Å²) in [5.41, 5.74) is 0.172.